The van der Waals surface area contributed by atoms with E-state index in [-0.39, 0.29) is 0 Å². The number of rotatable bonds is 7. The number of hydrogen-bond acceptors (Lipinski definition) is 5. The fraction of sp³-hybridized carbons (Fsp3) is 0.250. The number of anilines is 1. The highest BCUT2D eigenvalue weighted by Crippen LogP contribution is 2.29. The lowest BCUT2D eigenvalue weighted by Gasteiger charge is -2.15. The van der Waals surface area contributed by atoms with E-state index >= 15 is 0 Å². The van der Waals surface area contributed by atoms with Gasteiger partial charge in [0, 0.05) is 17.7 Å². The first-order valence-electron chi connectivity index (χ1n) is 8.81. The van der Waals surface area contributed by atoms with Crippen molar-refractivity contribution in [3.8, 4) is 11.4 Å². The highest BCUT2D eigenvalue weighted by molar-refractivity contribution is 5.87. The number of hydrogen-bond donors (Lipinski definition) is 1. The average molecular weight is 346 g/mol. The second-order valence-electron chi connectivity index (χ2n) is 6.63. The van der Waals surface area contributed by atoms with E-state index in [1.54, 1.807) is 0 Å². The average Bonchev–Trinajstić information content (AvgIpc) is 3.00. The van der Waals surface area contributed by atoms with Gasteiger partial charge in [-0.25, -0.2) is 0 Å². The Labute approximate surface area is 152 Å². The minimum Gasteiger partial charge on any atom is -0.368 e. The van der Waals surface area contributed by atoms with Crippen molar-refractivity contribution in [2.75, 3.05) is 32.5 Å². The molecule has 1 N–H and O–H groups in total. The van der Waals surface area contributed by atoms with Gasteiger partial charge in [0.2, 0.25) is 0 Å². The summed E-state index contributed by atoms with van der Waals surface area (Å²) in [6.45, 7) is 1.90. The predicted octanol–water partition coefficient (Wildman–Crippen LogP) is 3.11. The van der Waals surface area contributed by atoms with Gasteiger partial charge in [0.1, 0.15) is 0 Å². The molecule has 6 nitrogen and oxygen atoms in total. The van der Waals surface area contributed by atoms with Crippen molar-refractivity contribution in [1.82, 2.24) is 24.7 Å². The molecule has 0 radical (unpaired) electrons. The maximum Gasteiger partial charge on any atom is 0.185 e. The van der Waals surface area contributed by atoms with Crippen LogP contribution >= 0.6 is 0 Å². The van der Waals surface area contributed by atoms with Crippen molar-refractivity contribution >= 4 is 17.0 Å². The number of fused-ring (bicyclic) bond motifs is 1. The zero-order valence-corrected chi connectivity index (χ0v) is 15.1. The molecule has 0 saturated heterocycles. The first kappa shape index (κ1) is 16.5. The van der Waals surface area contributed by atoms with E-state index in [1.807, 2.05) is 40.9 Å². The van der Waals surface area contributed by atoms with E-state index in [2.05, 4.69) is 52.7 Å². The van der Waals surface area contributed by atoms with Crippen LogP contribution in [0.25, 0.3) is 22.6 Å². The second-order valence-corrected chi connectivity index (χ2v) is 6.63. The lowest BCUT2D eigenvalue weighted by molar-refractivity contribution is 0.405. The van der Waals surface area contributed by atoms with Crippen LogP contribution in [0.1, 0.15) is 12.0 Å². The molecule has 0 unspecified atom stereocenters. The summed E-state index contributed by atoms with van der Waals surface area (Å²) in [5, 5.41) is 17.0. The maximum absolute atomic E-state index is 4.82. The van der Waals surface area contributed by atoms with Crippen LogP contribution in [0.3, 0.4) is 0 Å². The van der Waals surface area contributed by atoms with Gasteiger partial charge in [-0.2, -0.15) is 4.52 Å². The Hall–Kier alpha value is -2.99. The Bertz CT molecular complexity index is 969. The Morgan fingerprint density at radius 3 is 2.62 bits per heavy atom. The van der Waals surface area contributed by atoms with Crippen LogP contribution in [-0.4, -0.2) is 51.9 Å². The lowest BCUT2D eigenvalue weighted by Crippen LogP contribution is -2.17. The SMILES string of the molecule is CN(C)CCCNc1nn2c(-c3ccccc3)nnc2cc1C1=CC=C1. The van der Waals surface area contributed by atoms with Gasteiger partial charge < -0.3 is 10.2 Å². The number of benzene rings is 1. The first-order chi connectivity index (χ1) is 12.7. The number of allylic oxidation sites excluding steroid dienone is 4. The van der Waals surface area contributed by atoms with Gasteiger partial charge in [-0.3, -0.25) is 0 Å². The van der Waals surface area contributed by atoms with E-state index in [4.69, 9.17) is 5.10 Å². The Morgan fingerprint density at radius 1 is 1.12 bits per heavy atom. The van der Waals surface area contributed by atoms with Gasteiger partial charge in [0.05, 0.1) is 0 Å². The van der Waals surface area contributed by atoms with Crippen LogP contribution in [0.5, 0.6) is 0 Å². The van der Waals surface area contributed by atoms with E-state index in [0.29, 0.717) is 0 Å². The molecule has 2 heterocycles. The van der Waals surface area contributed by atoms with Crippen LogP contribution in [0.2, 0.25) is 0 Å². The molecule has 3 aromatic rings. The molecule has 1 aromatic carbocycles. The quantitative estimate of drug-likeness (QED) is 0.666. The van der Waals surface area contributed by atoms with Crippen molar-refractivity contribution < 1.29 is 0 Å². The molecule has 0 aliphatic heterocycles. The van der Waals surface area contributed by atoms with Gasteiger partial charge in [-0.15, -0.1) is 15.3 Å². The molecule has 1 aliphatic carbocycles. The van der Waals surface area contributed by atoms with Gasteiger partial charge in [-0.1, -0.05) is 48.6 Å². The van der Waals surface area contributed by atoms with Crippen molar-refractivity contribution in [3.63, 3.8) is 0 Å². The molecule has 0 bridgehead atoms. The topological polar surface area (TPSA) is 58.4 Å². The van der Waals surface area contributed by atoms with Crippen LogP contribution in [0.4, 0.5) is 5.82 Å². The first-order valence-corrected chi connectivity index (χ1v) is 8.81. The minimum absolute atomic E-state index is 0.749. The summed E-state index contributed by atoms with van der Waals surface area (Å²) >= 11 is 0. The van der Waals surface area contributed by atoms with Gasteiger partial charge in [-0.05, 0) is 38.7 Å². The van der Waals surface area contributed by atoms with Gasteiger partial charge in [0.15, 0.2) is 17.3 Å². The lowest BCUT2D eigenvalue weighted by atomic mass is 10.0. The molecule has 0 amide bonds. The molecule has 1 aliphatic rings. The molecule has 0 spiro atoms. The Morgan fingerprint density at radius 2 is 1.92 bits per heavy atom. The molecule has 4 rings (SSSR count). The summed E-state index contributed by atoms with van der Waals surface area (Å²) in [5.74, 6) is 1.62. The van der Waals surface area contributed by atoms with Crippen LogP contribution < -0.4 is 5.32 Å². The summed E-state index contributed by atoms with van der Waals surface area (Å²) < 4.78 is 1.82. The molecular formula is C20H22N6. The van der Waals surface area contributed by atoms with Crippen molar-refractivity contribution in [2.45, 2.75) is 6.42 Å². The molecule has 0 atom stereocenters. The van der Waals surface area contributed by atoms with Gasteiger partial charge >= 0.3 is 0 Å². The summed E-state index contributed by atoms with van der Waals surface area (Å²) in [5.41, 5.74) is 3.98. The third-order valence-electron chi connectivity index (χ3n) is 4.36. The molecule has 0 saturated carbocycles. The molecule has 132 valence electrons. The van der Waals surface area contributed by atoms with Gasteiger partial charge in [0.25, 0.3) is 0 Å². The van der Waals surface area contributed by atoms with Crippen LogP contribution in [0.15, 0.2) is 54.6 Å². The number of nitrogens with zero attached hydrogens (tertiary/aromatic N) is 5. The monoisotopic (exact) mass is 346 g/mol. The highest BCUT2D eigenvalue weighted by Gasteiger charge is 2.16. The zero-order valence-electron chi connectivity index (χ0n) is 15.1. The Kier molecular flexibility index (Phi) is 4.50. The van der Waals surface area contributed by atoms with Crippen LogP contribution in [-0.2, 0) is 0 Å². The summed E-state index contributed by atoms with van der Waals surface area (Å²) in [6.07, 6.45) is 7.27. The van der Waals surface area contributed by atoms with Crippen molar-refractivity contribution in [3.05, 3.63) is 60.2 Å². The number of aromatic nitrogens is 4. The highest BCUT2D eigenvalue weighted by atomic mass is 15.4. The summed E-state index contributed by atoms with van der Waals surface area (Å²) in [4.78, 5) is 2.18. The standard InChI is InChI=1S/C20H22N6/c1-25(2)13-7-12-21-19-17(15-10-6-11-15)14-18-22-23-20(26(18)24-19)16-8-4-3-5-9-16/h3-6,8-11,14H,7,12-13H2,1-2H3,(H,21,24). The molecular weight excluding hydrogens is 324 g/mol. The third kappa shape index (κ3) is 3.23. The van der Waals surface area contributed by atoms with Crippen LogP contribution in [0, 0.1) is 0 Å². The fourth-order valence-electron chi connectivity index (χ4n) is 2.92. The second kappa shape index (κ2) is 7.09. The van der Waals surface area contributed by atoms with E-state index < -0.39 is 0 Å². The smallest absolute Gasteiger partial charge is 0.185 e. The predicted molar refractivity (Wildman–Crippen MR) is 105 cm³/mol. The van der Waals surface area contributed by atoms with E-state index in [9.17, 15) is 0 Å². The van der Waals surface area contributed by atoms with Crippen molar-refractivity contribution in [1.29, 1.82) is 0 Å². The normalized spacial score (nSPS) is 13.1. The molecule has 26 heavy (non-hydrogen) atoms. The molecule has 0 fully saturated rings. The van der Waals surface area contributed by atoms with E-state index in [1.165, 1.54) is 5.57 Å². The largest absolute Gasteiger partial charge is 0.368 e. The molecule has 2 aromatic heterocycles. The van der Waals surface area contributed by atoms with Crippen molar-refractivity contribution in [2.24, 2.45) is 0 Å². The molecule has 6 heteroatoms. The maximum atomic E-state index is 4.82. The summed E-state index contributed by atoms with van der Waals surface area (Å²) in [6, 6.07) is 12.1. The number of nitrogens with one attached hydrogen (secondary N) is 1. The zero-order chi connectivity index (χ0) is 17.9. The third-order valence-corrected chi connectivity index (χ3v) is 4.36. The summed E-state index contributed by atoms with van der Waals surface area (Å²) in [7, 11) is 4.17. The minimum atomic E-state index is 0.749. The fourth-order valence-corrected chi connectivity index (χ4v) is 2.92. The van der Waals surface area contributed by atoms with E-state index in [0.717, 1.165) is 47.9 Å². The Balaban J connectivity index is 1.70.